The highest BCUT2D eigenvalue weighted by atomic mass is 35.5. The van der Waals surface area contributed by atoms with Gasteiger partial charge in [-0.3, -0.25) is 14.4 Å². The molecule has 10 heteroatoms. The van der Waals surface area contributed by atoms with Crippen molar-refractivity contribution in [1.29, 1.82) is 0 Å². The summed E-state index contributed by atoms with van der Waals surface area (Å²) in [4.78, 5) is 39.9. The molecule has 42 heavy (non-hydrogen) atoms. The number of hydrogen-bond acceptors (Lipinski definition) is 6. The maximum Gasteiger partial charge on any atom is 0.272 e. The molecule has 1 aliphatic rings. The van der Waals surface area contributed by atoms with E-state index in [1.807, 2.05) is 6.07 Å². The zero-order valence-corrected chi connectivity index (χ0v) is 24.0. The number of amides is 3. The van der Waals surface area contributed by atoms with Crippen molar-refractivity contribution in [2.24, 2.45) is 0 Å². The number of anilines is 2. The van der Waals surface area contributed by atoms with Crippen molar-refractivity contribution in [3.05, 3.63) is 119 Å². The first-order valence-corrected chi connectivity index (χ1v) is 14.2. The lowest BCUT2D eigenvalue weighted by Gasteiger charge is -2.14. The molecular weight excluding hydrogens is 574 g/mol. The van der Waals surface area contributed by atoms with E-state index in [2.05, 4.69) is 16.0 Å². The standard InChI is InChI=1S/C32H26ClN3O5S/c1-20(30(37)34-24-14-15-28-29(18-24)41-19-40-28)42-25-12-7-11-23(17-25)35-32(39)27(16-22-10-5-6-13-26(22)33)36-31(38)21-8-3-2-4-9-21/h2-18,20H,19H2,1H3,(H,34,37)(H,35,39)(H,36,38)/b27-16+. The highest BCUT2D eigenvalue weighted by molar-refractivity contribution is 8.00. The van der Waals surface area contributed by atoms with Gasteiger partial charge in [0.15, 0.2) is 11.5 Å². The van der Waals surface area contributed by atoms with Crippen LogP contribution in [0.15, 0.2) is 108 Å². The number of nitrogens with one attached hydrogen (secondary N) is 3. The van der Waals surface area contributed by atoms with Crippen molar-refractivity contribution >= 4 is 58.5 Å². The summed E-state index contributed by atoms with van der Waals surface area (Å²) in [5, 5.41) is 8.43. The van der Waals surface area contributed by atoms with Gasteiger partial charge in [0.2, 0.25) is 12.7 Å². The highest BCUT2D eigenvalue weighted by Crippen LogP contribution is 2.34. The molecule has 4 aromatic carbocycles. The summed E-state index contributed by atoms with van der Waals surface area (Å²) in [5.74, 6) is 0.0609. The lowest BCUT2D eigenvalue weighted by molar-refractivity contribution is -0.115. The number of thioether (sulfide) groups is 1. The molecule has 212 valence electrons. The molecule has 0 saturated carbocycles. The van der Waals surface area contributed by atoms with Gasteiger partial charge in [-0.25, -0.2) is 0 Å². The zero-order chi connectivity index (χ0) is 29.5. The Bertz CT molecular complexity index is 1660. The lowest BCUT2D eigenvalue weighted by atomic mass is 10.1. The van der Waals surface area contributed by atoms with Crippen LogP contribution in [0.1, 0.15) is 22.8 Å². The molecule has 4 aromatic rings. The number of fused-ring (bicyclic) bond motifs is 1. The quantitative estimate of drug-likeness (QED) is 0.148. The maximum absolute atomic E-state index is 13.4. The van der Waals surface area contributed by atoms with Crippen LogP contribution in [0.4, 0.5) is 11.4 Å². The Balaban J connectivity index is 1.28. The average Bonchev–Trinajstić information content (AvgIpc) is 3.46. The fourth-order valence-corrected chi connectivity index (χ4v) is 5.13. The number of ether oxygens (including phenoxy) is 2. The molecule has 0 bridgehead atoms. The molecule has 0 radical (unpaired) electrons. The Morgan fingerprint density at radius 2 is 1.57 bits per heavy atom. The summed E-state index contributed by atoms with van der Waals surface area (Å²) in [5.41, 5.74) is 2.10. The summed E-state index contributed by atoms with van der Waals surface area (Å²) in [6.07, 6.45) is 1.53. The van der Waals surface area contributed by atoms with Gasteiger partial charge in [0.1, 0.15) is 5.70 Å². The zero-order valence-electron chi connectivity index (χ0n) is 22.4. The number of benzene rings is 4. The van der Waals surface area contributed by atoms with Crippen molar-refractivity contribution in [2.45, 2.75) is 17.1 Å². The van der Waals surface area contributed by atoms with E-state index in [4.69, 9.17) is 21.1 Å². The van der Waals surface area contributed by atoms with Gasteiger partial charge >= 0.3 is 0 Å². The van der Waals surface area contributed by atoms with Gasteiger partial charge in [0, 0.05) is 32.9 Å². The second-order valence-corrected chi connectivity index (χ2v) is 11.0. The van der Waals surface area contributed by atoms with E-state index in [-0.39, 0.29) is 18.4 Å². The summed E-state index contributed by atoms with van der Waals surface area (Å²) in [6.45, 7) is 1.95. The molecule has 3 N–H and O–H groups in total. The fourth-order valence-electron chi connectivity index (χ4n) is 4.01. The number of halogens is 1. The molecular formula is C32H26ClN3O5S. The van der Waals surface area contributed by atoms with Crippen molar-refractivity contribution in [1.82, 2.24) is 5.32 Å². The lowest BCUT2D eigenvalue weighted by Crippen LogP contribution is -2.30. The smallest absolute Gasteiger partial charge is 0.272 e. The predicted molar refractivity (Wildman–Crippen MR) is 165 cm³/mol. The minimum atomic E-state index is -0.532. The molecule has 3 amide bonds. The van der Waals surface area contributed by atoms with Crippen LogP contribution in [0.3, 0.4) is 0 Å². The fraction of sp³-hybridized carbons (Fsp3) is 0.0938. The molecule has 0 saturated heterocycles. The van der Waals surface area contributed by atoms with Gasteiger partial charge in [-0.2, -0.15) is 0 Å². The van der Waals surface area contributed by atoms with Gasteiger partial charge in [0.25, 0.3) is 11.8 Å². The Morgan fingerprint density at radius 1 is 0.833 bits per heavy atom. The summed E-state index contributed by atoms with van der Waals surface area (Å²) >= 11 is 7.66. The second-order valence-electron chi connectivity index (χ2n) is 9.20. The Hall–Kier alpha value is -4.73. The first kappa shape index (κ1) is 28.8. The molecule has 0 fully saturated rings. The van der Waals surface area contributed by atoms with E-state index in [0.29, 0.717) is 39.0 Å². The maximum atomic E-state index is 13.4. The minimum absolute atomic E-state index is 0.0199. The largest absolute Gasteiger partial charge is 0.454 e. The SMILES string of the molecule is CC(Sc1cccc(NC(=O)/C(=C\c2ccccc2Cl)NC(=O)c2ccccc2)c1)C(=O)Nc1ccc2c(c1)OCO2. The topological polar surface area (TPSA) is 106 Å². The summed E-state index contributed by atoms with van der Waals surface area (Å²) in [6, 6.07) is 28.0. The van der Waals surface area contributed by atoms with Crippen LogP contribution < -0.4 is 25.4 Å². The van der Waals surface area contributed by atoms with E-state index >= 15 is 0 Å². The van der Waals surface area contributed by atoms with Crippen LogP contribution in [-0.4, -0.2) is 29.8 Å². The highest BCUT2D eigenvalue weighted by Gasteiger charge is 2.19. The molecule has 1 heterocycles. The monoisotopic (exact) mass is 599 g/mol. The van der Waals surface area contributed by atoms with Crippen LogP contribution in [-0.2, 0) is 9.59 Å². The van der Waals surface area contributed by atoms with E-state index in [9.17, 15) is 14.4 Å². The number of carbonyl (C=O) groups excluding carboxylic acids is 3. The first-order valence-electron chi connectivity index (χ1n) is 13.0. The molecule has 0 aromatic heterocycles. The van der Waals surface area contributed by atoms with Gasteiger partial charge in [-0.1, -0.05) is 54.1 Å². The minimum Gasteiger partial charge on any atom is -0.454 e. The first-order chi connectivity index (χ1) is 20.4. The molecule has 1 aliphatic heterocycles. The van der Waals surface area contributed by atoms with Crippen molar-refractivity contribution < 1.29 is 23.9 Å². The predicted octanol–water partition coefficient (Wildman–Crippen LogP) is 6.60. The van der Waals surface area contributed by atoms with Crippen LogP contribution in [0.25, 0.3) is 6.08 Å². The van der Waals surface area contributed by atoms with E-state index < -0.39 is 17.1 Å². The Kier molecular flexibility index (Phi) is 9.11. The van der Waals surface area contributed by atoms with Gasteiger partial charge in [-0.05, 0) is 67.1 Å². The normalized spacial score (nSPS) is 12.8. The third-order valence-corrected chi connectivity index (χ3v) is 7.59. The number of hydrogen-bond donors (Lipinski definition) is 3. The molecule has 0 spiro atoms. The van der Waals surface area contributed by atoms with E-state index in [1.165, 1.54) is 17.8 Å². The van der Waals surface area contributed by atoms with Crippen molar-refractivity contribution in [3.8, 4) is 11.5 Å². The molecule has 0 aliphatic carbocycles. The van der Waals surface area contributed by atoms with Gasteiger partial charge in [0.05, 0.1) is 5.25 Å². The number of rotatable bonds is 9. The third-order valence-electron chi connectivity index (χ3n) is 6.15. The molecule has 8 nitrogen and oxygen atoms in total. The summed E-state index contributed by atoms with van der Waals surface area (Å²) < 4.78 is 10.7. The number of carbonyl (C=O) groups is 3. The van der Waals surface area contributed by atoms with Crippen molar-refractivity contribution in [3.63, 3.8) is 0 Å². The molecule has 5 rings (SSSR count). The second kappa shape index (κ2) is 13.3. The average molecular weight is 600 g/mol. The van der Waals surface area contributed by atoms with Crippen LogP contribution in [0.2, 0.25) is 5.02 Å². The van der Waals surface area contributed by atoms with Crippen LogP contribution >= 0.6 is 23.4 Å². The van der Waals surface area contributed by atoms with Crippen LogP contribution in [0.5, 0.6) is 11.5 Å². The van der Waals surface area contributed by atoms with Gasteiger partial charge < -0.3 is 25.4 Å². The van der Waals surface area contributed by atoms with Gasteiger partial charge in [-0.15, -0.1) is 11.8 Å². The van der Waals surface area contributed by atoms with Crippen LogP contribution in [0, 0.1) is 0 Å². The third kappa shape index (κ3) is 7.31. The van der Waals surface area contributed by atoms with E-state index in [0.717, 1.165) is 4.90 Å². The molecule has 1 atom stereocenters. The summed E-state index contributed by atoms with van der Waals surface area (Å²) in [7, 11) is 0. The Morgan fingerprint density at radius 3 is 2.38 bits per heavy atom. The molecule has 1 unspecified atom stereocenters. The van der Waals surface area contributed by atoms with Crippen molar-refractivity contribution in [2.75, 3.05) is 17.4 Å². The van der Waals surface area contributed by atoms with E-state index in [1.54, 1.807) is 97.9 Å². The Labute approximate surface area is 252 Å².